The lowest BCUT2D eigenvalue weighted by molar-refractivity contribution is -0.243. The monoisotopic (exact) mass is 552 g/mol. The first kappa shape index (κ1) is 27.3. The van der Waals surface area contributed by atoms with E-state index in [1.54, 1.807) is 0 Å². The molecule has 2 aliphatic rings. The topological polar surface area (TPSA) is 295 Å². The van der Waals surface area contributed by atoms with E-state index in [4.69, 9.17) is 19.4 Å². The number of nitrogens with one attached hydrogen (secondary N) is 1. The molecule has 3 rings (SSSR count). The van der Waals surface area contributed by atoms with Crippen LogP contribution in [0.25, 0.3) is 0 Å². The Kier molecular flexibility index (Phi) is 7.44. The molecular formula is C13H19N2O16P3. The number of nitrogens with zero attached hydrogens (tertiary/aromatic N) is 1. The van der Waals surface area contributed by atoms with Gasteiger partial charge in [0.2, 0.25) is 11.7 Å². The van der Waals surface area contributed by atoms with Crippen LogP contribution in [0.5, 0.6) is 5.88 Å². The van der Waals surface area contributed by atoms with Crippen molar-refractivity contribution in [2.75, 3.05) is 6.61 Å². The molecule has 9 N–H and O–H groups in total. The van der Waals surface area contributed by atoms with Crippen molar-refractivity contribution in [1.82, 2.24) is 4.98 Å². The second-order valence-electron chi connectivity index (χ2n) is 7.12. The third-order valence-corrected chi connectivity index (χ3v) is 8.55. The number of phosphoric acid groups is 3. The number of aromatic amines is 1. The molecule has 1 aromatic rings. The highest BCUT2D eigenvalue weighted by Crippen LogP contribution is 2.66. The molecule has 34 heavy (non-hydrogen) atoms. The highest BCUT2D eigenvalue weighted by atomic mass is 31.3. The van der Waals surface area contributed by atoms with Crippen molar-refractivity contribution in [2.45, 2.75) is 36.4 Å². The molecule has 0 amide bonds. The molecule has 0 aliphatic carbocycles. The lowest BCUT2D eigenvalue weighted by Crippen LogP contribution is -2.48. The minimum absolute atomic E-state index is 0.0500. The van der Waals surface area contributed by atoms with Crippen LogP contribution in [0.3, 0.4) is 0 Å². The summed E-state index contributed by atoms with van der Waals surface area (Å²) in [5.74, 6) is -4.54. The number of aromatic nitrogens is 1. The summed E-state index contributed by atoms with van der Waals surface area (Å²) in [5.41, 5.74) is -0.975. The maximum absolute atomic E-state index is 11.9. The van der Waals surface area contributed by atoms with Crippen LogP contribution in [0.1, 0.15) is 17.9 Å². The number of hydrogen-bond donors (Lipinski definition) is 9. The van der Waals surface area contributed by atoms with Gasteiger partial charge in [0, 0.05) is 18.2 Å². The van der Waals surface area contributed by atoms with Crippen LogP contribution in [0, 0.1) is 0 Å². The zero-order valence-electron chi connectivity index (χ0n) is 16.5. The highest BCUT2D eigenvalue weighted by molar-refractivity contribution is 7.66. The third kappa shape index (κ3) is 5.90. The van der Waals surface area contributed by atoms with Gasteiger partial charge in [0.1, 0.15) is 24.0 Å². The summed E-state index contributed by atoms with van der Waals surface area (Å²) >= 11 is 0. The van der Waals surface area contributed by atoms with Crippen molar-refractivity contribution in [3.05, 3.63) is 22.0 Å². The second-order valence-corrected chi connectivity index (χ2v) is 11.5. The van der Waals surface area contributed by atoms with Gasteiger partial charge >= 0.3 is 23.5 Å². The van der Waals surface area contributed by atoms with Crippen molar-refractivity contribution in [1.29, 1.82) is 0 Å². The van der Waals surface area contributed by atoms with Crippen LogP contribution in [0.15, 0.2) is 15.9 Å². The summed E-state index contributed by atoms with van der Waals surface area (Å²) in [6, 6.07) is 0.968. The van der Waals surface area contributed by atoms with Gasteiger partial charge in [-0.2, -0.15) is 8.62 Å². The molecule has 0 saturated carbocycles. The Morgan fingerprint density at radius 1 is 1.15 bits per heavy atom. The van der Waals surface area contributed by atoms with Crippen molar-refractivity contribution in [3.63, 3.8) is 0 Å². The molecule has 0 bridgehead atoms. The number of hydrogen-bond acceptors (Lipinski definition) is 13. The van der Waals surface area contributed by atoms with Crippen molar-refractivity contribution >= 4 is 35.4 Å². The molecule has 2 aliphatic heterocycles. The summed E-state index contributed by atoms with van der Waals surface area (Å²) < 4.78 is 50.6. The summed E-state index contributed by atoms with van der Waals surface area (Å²) in [7, 11) is -17.0. The molecule has 1 saturated heterocycles. The van der Waals surface area contributed by atoms with Crippen molar-refractivity contribution in [2.24, 2.45) is 4.99 Å². The Labute approximate surface area is 188 Å². The van der Waals surface area contributed by atoms with E-state index in [0.29, 0.717) is 0 Å². The number of phosphoric ester groups is 1. The average Bonchev–Trinajstić information content (AvgIpc) is 2.88. The van der Waals surface area contributed by atoms with Crippen molar-refractivity contribution < 1.29 is 71.6 Å². The Morgan fingerprint density at radius 2 is 1.79 bits per heavy atom. The van der Waals surface area contributed by atoms with Gasteiger partial charge in [-0.3, -0.25) is 19.3 Å². The molecule has 192 valence electrons. The number of H-pyrrole nitrogens is 1. The minimum atomic E-state index is -5.79. The molecule has 0 aromatic carbocycles. The standard InChI is InChI=1S/C13H19N2O16P3/c16-8-3-5-6(1-2-14-9(5)12(19)15-8)13(20)11(18)10(17)7(29-13)4-28-33(24,25)31-34(26,27)30-32(21,22)23/h2-3,6-7,10-11,17-18,20H,1,4H2,(H,24,25)(H,26,27)(H2,15,16,19)(H2,21,22,23)/t6?,7-,10-,11-,13+/m1/s1. The molecule has 21 heteroatoms. The van der Waals surface area contributed by atoms with Gasteiger partial charge in [-0.1, -0.05) is 0 Å². The summed E-state index contributed by atoms with van der Waals surface area (Å²) in [5, 5.41) is 41.6. The first-order chi connectivity index (χ1) is 15.4. The number of pyridine rings is 1. The lowest BCUT2D eigenvalue weighted by atomic mass is 9.82. The van der Waals surface area contributed by atoms with E-state index in [9.17, 15) is 43.8 Å². The van der Waals surface area contributed by atoms with Gasteiger partial charge in [-0.05, 0) is 12.0 Å². The molecule has 3 heterocycles. The minimum Gasteiger partial charge on any atom is -0.493 e. The van der Waals surface area contributed by atoms with Crippen LogP contribution < -0.4 is 5.56 Å². The van der Waals surface area contributed by atoms with E-state index in [-0.39, 0.29) is 17.7 Å². The average molecular weight is 552 g/mol. The Morgan fingerprint density at radius 3 is 2.41 bits per heavy atom. The smallest absolute Gasteiger partial charge is 0.490 e. The number of aliphatic hydroxyl groups is 3. The van der Waals surface area contributed by atoms with Gasteiger partial charge in [0.25, 0.3) is 5.56 Å². The fraction of sp³-hybridized carbons (Fsp3) is 0.538. The van der Waals surface area contributed by atoms with E-state index >= 15 is 0 Å². The maximum Gasteiger partial charge on any atom is 0.490 e. The molecule has 3 unspecified atom stereocenters. The first-order valence-electron chi connectivity index (χ1n) is 8.97. The Balaban J connectivity index is 1.76. The van der Waals surface area contributed by atoms with Crippen molar-refractivity contribution in [3.8, 4) is 5.88 Å². The molecule has 0 spiro atoms. The lowest BCUT2D eigenvalue weighted by Gasteiger charge is -2.36. The third-order valence-electron chi connectivity index (χ3n) is 4.75. The fourth-order valence-corrected chi connectivity index (χ4v) is 6.48. The van der Waals surface area contributed by atoms with Crippen LogP contribution >= 0.6 is 23.5 Å². The first-order valence-corrected chi connectivity index (χ1v) is 13.5. The van der Waals surface area contributed by atoms with Crippen LogP contribution in [0.2, 0.25) is 0 Å². The number of aliphatic hydroxyl groups excluding tert-OH is 2. The molecular weight excluding hydrogens is 533 g/mol. The van der Waals surface area contributed by atoms with Crippen LogP contribution in [-0.4, -0.2) is 81.9 Å². The van der Waals surface area contributed by atoms with E-state index in [0.717, 1.165) is 6.07 Å². The quantitative estimate of drug-likeness (QED) is 0.164. The van der Waals surface area contributed by atoms with Gasteiger partial charge in [0.05, 0.1) is 6.61 Å². The predicted molar refractivity (Wildman–Crippen MR) is 106 cm³/mol. The fourth-order valence-electron chi connectivity index (χ4n) is 3.45. The molecule has 0 radical (unpaired) electrons. The normalized spacial score (nSPS) is 32.7. The summed E-state index contributed by atoms with van der Waals surface area (Å²) in [4.78, 5) is 53.4. The van der Waals surface area contributed by atoms with Gasteiger partial charge < -0.3 is 44.7 Å². The number of aliphatic imine (C=N–C) groups is 1. The van der Waals surface area contributed by atoms with Gasteiger partial charge in [0.15, 0.2) is 0 Å². The number of ether oxygens (including phenoxy) is 1. The maximum atomic E-state index is 11.9. The largest absolute Gasteiger partial charge is 0.493 e. The highest BCUT2D eigenvalue weighted by Gasteiger charge is 2.59. The van der Waals surface area contributed by atoms with E-state index in [1.807, 2.05) is 0 Å². The van der Waals surface area contributed by atoms with E-state index in [2.05, 4.69) is 23.1 Å². The zero-order chi connectivity index (χ0) is 25.7. The SMILES string of the molecule is O=c1cc2c(c(O)[nH]1)N=CCC2[C@]1(O)O[C@H](COP(=O)(O)OP(=O)(O)OP(=O)(O)O)[C@@H](O)[C@H]1O. The second kappa shape index (κ2) is 9.28. The van der Waals surface area contributed by atoms with E-state index in [1.165, 1.54) is 6.21 Å². The Hall–Kier alpha value is -1.33. The molecule has 7 atom stereocenters. The van der Waals surface area contributed by atoms with Gasteiger partial charge in [-0.15, -0.1) is 0 Å². The van der Waals surface area contributed by atoms with Crippen LogP contribution in [0.4, 0.5) is 5.69 Å². The predicted octanol–water partition coefficient (Wildman–Crippen LogP) is -1.58. The van der Waals surface area contributed by atoms with Crippen LogP contribution in [-0.2, 0) is 31.6 Å². The molecule has 1 aromatic heterocycles. The number of aromatic hydroxyl groups is 1. The molecule has 1 fully saturated rings. The zero-order valence-corrected chi connectivity index (χ0v) is 19.2. The number of fused-ring (bicyclic) bond motifs is 1. The van der Waals surface area contributed by atoms with Gasteiger partial charge in [-0.25, -0.2) is 13.7 Å². The summed E-state index contributed by atoms with van der Waals surface area (Å²) in [6.45, 7) is -1.15. The van der Waals surface area contributed by atoms with E-state index < -0.39 is 71.5 Å². The number of rotatable bonds is 8. The summed E-state index contributed by atoms with van der Waals surface area (Å²) in [6.07, 6.45) is -4.74. The molecule has 18 nitrogen and oxygen atoms in total. The Bertz CT molecular complexity index is 1180.